The van der Waals surface area contributed by atoms with Gasteiger partial charge in [0.2, 0.25) is 0 Å². The zero-order valence-corrected chi connectivity index (χ0v) is 16.0. The SMILES string of the molecule is O=C(NCCC(c1ccccc1)c1ccccc1)c1ccccc1I. The van der Waals surface area contributed by atoms with E-state index >= 15 is 0 Å². The van der Waals surface area contributed by atoms with E-state index in [-0.39, 0.29) is 11.8 Å². The minimum atomic E-state index is -0.00938. The molecule has 3 aromatic carbocycles. The van der Waals surface area contributed by atoms with Crippen molar-refractivity contribution in [3.8, 4) is 0 Å². The lowest BCUT2D eigenvalue weighted by Gasteiger charge is -2.18. The predicted molar refractivity (Wildman–Crippen MR) is 111 cm³/mol. The van der Waals surface area contributed by atoms with Crippen LogP contribution in [0, 0.1) is 3.57 Å². The fourth-order valence-electron chi connectivity index (χ4n) is 2.97. The van der Waals surface area contributed by atoms with Crippen LogP contribution in [0.25, 0.3) is 0 Å². The van der Waals surface area contributed by atoms with E-state index in [0.29, 0.717) is 6.54 Å². The largest absolute Gasteiger partial charge is 0.352 e. The molecule has 3 rings (SSSR count). The molecule has 0 atom stereocenters. The molecule has 0 aliphatic carbocycles. The highest BCUT2D eigenvalue weighted by Crippen LogP contribution is 2.27. The van der Waals surface area contributed by atoms with Gasteiger partial charge in [-0.05, 0) is 52.3 Å². The monoisotopic (exact) mass is 441 g/mol. The van der Waals surface area contributed by atoms with Gasteiger partial charge in [0.15, 0.2) is 0 Å². The Hall–Kier alpha value is -2.14. The summed E-state index contributed by atoms with van der Waals surface area (Å²) in [5.74, 6) is 0.266. The number of carbonyl (C=O) groups is 1. The molecule has 0 bridgehead atoms. The molecule has 2 nitrogen and oxygen atoms in total. The maximum absolute atomic E-state index is 12.4. The average molecular weight is 441 g/mol. The molecule has 3 heteroatoms. The molecule has 0 fully saturated rings. The highest BCUT2D eigenvalue weighted by molar-refractivity contribution is 14.1. The summed E-state index contributed by atoms with van der Waals surface area (Å²) >= 11 is 2.20. The van der Waals surface area contributed by atoms with Gasteiger partial charge in [0, 0.05) is 16.0 Å². The third kappa shape index (κ3) is 4.69. The van der Waals surface area contributed by atoms with Gasteiger partial charge < -0.3 is 5.32 Å². The van der Waals surface area contributed by atoms with Crippen LogP contribution in [-0.4, -0.2) is 12.5 Å². The van der Waals surface area contributed by atoms with E-state index < -0.39 is 0 Å². The van der Waals surface area contributed by atoms with Crippen molar-refractivity contribution in [2.75, 3.05) is 6.54 Å². The summed E-state index contributed by atoms with van der Waals surface area (Å²) in [6.45, 7) is 0.637. The molecule has 25 heavy (non-hydrogen) atoms. The molecule has 1 amide bonds. The Bertz CT molecular complexity index is 778. The Kier molecular flexibility index (Phi) is 6.23. The fourth-order valence-corrected chi connectivity index (χ4v) is 3.60. The summed E-state index contributed by atoms with van der Waals surface area (Å²) in [5.41, 5.74) is 3.29. The summed E-state index contributed by atoms with van der Waals surface area (Å²) in [6, 6.07) is 28.6. The molecule has 0 saturated heterocycles. The molecule has 0 aliphatic rings. The number of amides is 1. The van der Waals surface area contributed by atoms with Gasteiger partial charge in [-0.3, -0.25) is 4.79 Å². The second kappa shape index (κ2) is 8.81. The van der Waals surface area contributed by atoms with E-state index in [1.807, 2.05) is 36.4 Å². The number of rotatable bonds is 6. The van der Waals surface area contributed by atoms with Crippen molar-refractivity contribution in [1.29, 1.82) is 0 Å². The summed E-state index contributed by atoms with van der Waals surface area (Å²) < 4.78 is 0.972. The van der Waals surface area contributed by atoms with Crippen molar-refractivity contribution in [2.24, 2.45) is 0 Å². The van der Waals surface area contributed by atoms with Crippen molar-refractivity contribution >= 4 is 28.5 Å². The molecule has 0 saturated carbocycles. The lowest BCUT2D eigenvalue weighted by Crippen LogP contribution is -2.26. The zero-order chi connectivity index (χ0) is 17.5. The van der Waals surface area contributed by atoms with Crippen LogP contribution in [0.4, 0.5) is 0 Å². The molecular formula is C22H20INO. The van der Waals surface area contributed by atoms with Crippen LogP contribution in [0.5, 0.6) is 0 Å². The molecule has 0 aromatic heterocycles. The lowest BCUT2D eigenvalue weighted by molar-refractivity contribution is 0.0952. The highest BCUT2D eigenvalue weighted by Gasteiger charge is 2.15. The van der Waals surface area contributed by atoms with Gasteiger partial charge in [-0.15, -0.1) is 0 Å². The molecule has 0 spiro atoms. The Morgan fingerprint density at radius 3 is 1.88 bits per heavy atom. The molecule has 0 radical (unpaired) electrons. The first-order valence-electron chi connectivity index (χ1n) is 8.38. The Balaban J connectivity index is 1.70. The normalized spacial score (nSPS) is 10.6. The number of benzene rings is 3. The molecule has 1 N–H and O–H groups in total. The van der Waals surface area contributed by atoms with E-state index in [1.54, 1.807) is 0 Å². The fraction of sp³-hybridized carbons (Fsp3) is 0.136. The average Bonchev–Trinajstić information content (AvgIpc) is 2.67. The minimum Gasteiger partial charge on any atom is -0.352 e. The molecular weight excluding hydrogens is 421 g/mol. The van der Waals surface area contributed by atoms with E-state index in [9.17, 15) is 4.79 Å². The third-order valence-corrected chi connectivity index (χ3v) is 5.18. The summed E-state index contributed by atoms with van der Waals surface area (Å²) in [6.07, 6.45) is 0.864. The van der Waals surface area contributed by atoms with Gasteiger partial charge >= 0.3 is 0 Å². The second-order valence-corrected chi connectivity index (χ2v) is 7.06. The van der Waals surface area contributed by atoms with E-state index in [4.69, 9.17) is 0 Å². The third-order valence-electron chi connectivity index (χ3n) is 4.24. The van der Waals surface area contributed by atoms with Crippen LogP contribution < -0.4 is 5.32 Å². The van der Waals surface area contributed by atoms with Crippen LogP contribution in [0.1, 0.15) is 33.8 Å². The Labute approximate surface area is 162 Å². The van der Waals surface area contributed by atoms with Crippen LogP contribution in [0.3, 0.4) is 0 Å². The molecule has 0 heterocycles. The van der Waals surface area contributed by atoms with Crippen molar-refractivity contribution in [3.63, 3.8) is 0 Å². The topological polar surface area (TPSA) is 29.1 Å². The molecule has 126 valence electrons. The number of nitrogens with one attached hydrogen (secondary N) is 1. The van der Waals surface area contributed by atoms with Gasteiger partial charge in [-0.25, -0.2) is 0 Å². The lowest BCUT2D eigenvalue weighted by atomic mass is 9.88. The number of carbonyl (C=O) groups excluding carboxylic acids is 1. The van der Waals surface area contributed by atoms with Gasteiger partial charge in [0.1, 0.15) is 0 Å². The van der Waals surface area contributed by atoms with Gasteiger partial charge in [-0.1, -0.05) is 72.8 Å². The Morgan fingerprint density at radius 1 is 0.800 bits per heavy atom. The van der Waals surface area contributed by atoms with Gasteiger partial charge in [0.25, 0.3) is 5.91 Å². The Morgan fingerprint density at radius 2 is 1.32 bits per heavy atom. The van der Waals surface area contributed by atoms with Gasteiger partial charge in [0.05, 0.1) is 5.56 Å². The van der Waals surface area contributed by atoms with Crippen molar-refractivity contribution in [2.45, 2.75) is 12.3 Å². The molecule has 0 aliphatic heterocycles. The van der Waals surface area contributed by atoms with E-state index in [1.165, 1.54) is 11.1 Å². The van der Waals surface area contributed by atoms with E-state index in [2.05, 4.69) is 76.4 Å². The smallest absolute Gasteiger partial charge is 0.252 e. The summed E-state index contributed by atoms with van der Waals surface area (Å²) in [4.78, 5) is 12.4. The maximum Gasteiger partial charge on any atom is 0.252 e. The van der Waals surface area contributed by atoms with Crippen molar-refractivity contribution in [1.82, 2.24) is 5.32 Å². The minimum absolute atomic E-state index is 0.00938. The quantitative estimate of drug-likeness (QED) is 0.521. The second-order valence-electron chi connectivity index (χ2n) is 5.90. The van der Waals surface area contributed by atoms with Crippen molar-refractivity contribution in [3.05, 3.63) is 105 Å². The predicted octanol–water partition coefficient (Wildman–Crippen LogP) is 5.24. The first-order valence-corrected chi connectivity index (χ1v) is 9.46. The maximum atomic E-state index is 12.4. The number of halogens is 1. The van der Waals surface area contributed by atoms with E-state index in [0.717, 1.165) is 15.6 Å². The number of hydrogen-bond donors (Lipinski definition) is 1. The van der Waals surface area contributed by atoms with Crippen molar-refractivity contribution < 1.29 is 4.79 Å². The zero-order valence-electron chi connectivity index (χ0n) is 13.9. The first kappa shape index (κ1) is 17.7. The van der Waals surface area contributed by atoms with Gasteiger partial charge in [-0.2, -0.15) is 0 Å². The van der Waals surface area contributed by atoms with Crippen LogP contribution in [-0.2, 0) is 0 Å². The first-order chi connectivity index (χ1) is 12.3. The standard InChI is InChI=1S/C22H20INO/c23-21-14-8-7-13-20(21)22(25)24-16-15-19(17-9-3-1-4-10-17)18-11-5-2-6-12-18/h1-14,19H,15-16H2,(H,24,25). The van der Waals surface area contributed by atoms with Crippen LogP contribution in [0.2, 0.25) is 0 Å². The summed E-state index contributed by atoms with van der Waals surface area (Å²) in [7, 11) is 0. The molecule has 3 aromatic rings. The molecule has 0 unspecified atom stereocenters. The van der Waals surface area contributed by atoms with Crippen LogP contribution in [0.15, 0.2) is 84.9 Å². The van der Waals surface area contributed by atoms with Crippen LogP contribution >= 0.6 is 22.6 Å². The number of hydrogen-bond acceptors (Lipinski definition) is 1. The summed E-state index contributed by atoms with van der Waals surface area (Å²) in [5, 5.41) is 3.07. The highest BCUT2D eigenvalue weighted by atomic mass is 127.